The number of halogens is 1. The highest BCUT2D eigenvalue weighted by molar-refractivity contribution is 6.30. The van der Waals surface area contributed by atoms with E-state index in [0.717, 1.165) is 42.8 Å². The Bertz CT molecular complexity index is 733. The maximum Gasteiger partial charge on any atom is 0.223 e. The summed E-state index contributed by atoms with van der Waals surface area (Å²) in [5.74, 6) is 1.03. The van der Waals surface area contributed by atoms with Crippen molar-refractivity contribution in [3.8, 4) is 5.75 Å². The zero-order chi connectivity index (χ0) is 18.9. The minimum absolute atomic E-state index is 0.237. The van der Waals surface area contributed by atoms with Gasteiger partial charge in [0.05, 0.1) is 0 Å². The highest BCUT2D eigenvalue weighted by Gasteiger charge is 2.15. The predicted molar refractivity (Wildman–Crippen MR) is 107 cm³/mol. The first kappa shape index (κ1) is 19.6. The van der Waals surface area contributed by atoms with Crippen LogP contribution >= 0.6 is 11.6 Å². The van der Waals surface area contributed by atoms with Gasteiger partial charge in [0.15, 0.2) is 0 Å². The number of ether oxygens (including phenoxy) is 1. The number of nitrogens with one attached hydrogen (secondary N) is 1. The van der Waals surface area contributed by atoms with Gasteiger partial charge in [-0.1, -0.05) is 17.7 Å². The van der Waals surface area contributed by atoms with E-state index in [2.05, 4.69) is 10.3 Å². The largest absolute Gasteiger partial charge is 0.489 e. The lowest BCUT2D eigenvalue weighted by atomic mass is 10.1. The van der Waals surface area contributed by atoms with E-state index in [1.165, 1.54) is 6.42 Å². The molecule has 6 heteroatoms. The van der Waals surface area contributed by atoms with Crippen LogP contribution in [0.2, 0.25) is 5.02 Å². The van der Waals surface area contributed by atoms with Crippen molar-refractivity contribution in [2.75, 3.05) is 19.6 Å². The van der Waals surface area contributed by atoms with Crippen molar-refractivity contribution in [1.29, 1.82) is 0 Å². The molecule has 0 bridgehead atoms. The highest BCUT2D eigenvalue weighted by Crippen LogP contribution is 2.24. The lowest BCUT2D eigenvalue weighted by Crippen LogP contribution is -2.37. The first-order chi connectivity index (χ1) is 13.2. The Balaban J connectivity index is 1.48. The number of hydrogen-bond donors (Lipinski definition) is 1. The minimum Gasteiger partial charge on any atom is -0.489 e. The van der Waals surface area contributed by atoms with Crippen LogP contribution in [-0.4, -0.2) is 35.4 Å². The number of hydrogen-bond acceptors (Lipinski definition) is 4. The summed E-state index contributed by atoms with van der Waals surface area (Å²) in [6.07, 6.45) is 7.54. The number of aromatic nitrogens is 1. The second-order valence-electron chi connectivity index (χ2n) is 6.77. The molecule has 1 N–H and O–H groups in total. The van der Waals surface area contributed by atoms with Crippen molar-refractivity contribution < 1.29 is 9.53 Å². The van der Waals surface area contributed by atoms with Crippen LogP contribution in [0.25, 0.3) is 0 Å². The van der Waals surface area contributed by atoms with Crippen LogP contribution in [-0.2, 0) is 17.9 Å². The average Bonchev–Trinajstić information content (AvgIpc) is 2.72. The maximum absolute atomic E-state index is 12.2. The number of carbonyl (C=O) groups excluding carboxylic acids is 1. The lowest BCUT2D eigenvalue weighted by molar-refractivity contribution is -0.131. The molecule has 5 nitrogen and oxygen atoms in total. The standard InChI is InChI=1S/C21H26ClN3O2/c22-19-6-7-20(27-16-17-5-4-9-23-14-17)18(13-19)15-24-10-8-21(26)25-11-2-1-3-12-25/h4-7,9,13-14,24H,1-3,8,10-12,15-16H2. The molecule has 27 heavy (non-hydrogen) atoms. The molecule has 0 aliphatic carbocycles. The Morgan fingerprint density at radius 1 is 1.22 bits per heavy atom. The normalized spacial score (nSPS) is 14.2. The quantitative estimate of drug-likeness (QED) is 0.700. The monoisotopic (exact) mass is 387 g/mol. The number of pyridine rings is 1. The zero-order valence-corrected chi connectivity index (χ0v) is 16.3. The second-order valence-corrected chi connectivity index (χ2v) is 7.21. The fourth-order valence-electron chi connectivity index (χ4n) is 3.19. The molecule has 0 saturated carbocycles. The summed E-state index contributed by atoms with van der Waals surface area (Å²) in [7, 11) is 0. The van der Waals surface area contributed by atoms with Crippen LogP contribution in [0.3, 0.4) is 0 Å². The van der Waals surface area contributed by atoms with Gasteiger partial charge in [-0.25, -0.2) is 0 Å². The van der Waals surface area contributed by atoms with E-state index in [-0.39, 0.29) is 5.91 Å². The Morgan fingerprint density at radius 3 is 2.85 bits per heavy atom. The van der Waals surface area contributed by atoms with Gasteiger partial charge in [-0.05, 0) is 43.5 Å². The van der Waals surface area contributed by atoms with Crippen LogP contribution in [0.4, 0.5) is 0 Å². The van der Waals surface area contributed by atoms with E-state index in [0.29, 0.717) is 31.1 Å². The van der Waals surface area contributed by atoms with Crippen LogP contribution in [0, 0.1) is 0 Å². The molecule has 1 amide bonds. The van der Waals surface area contributed by atoms with E-state index >= 15 is 0 Å². The SMILES string of the molecule is O=C(CCNCc1cc(Cl)ccc1OCc1cccnc1)N1CCCCC1. The van der Waals surface area contributed by atoms with E-state index < -0.39 is 0 Å². The molecule has 0 unspecified atom stereocenters. The van der Waals surface area contributed by atoms with Gasteiger partial charge in [0.2, 0.25) is 5.91 Å². The summed E-state index contributed by atoms with van der Waals surface area (Å²) in [4.78, 5) is 18.3. The third kappa shape index (κ3) is 6.22. The Labute approximate surface area is 165 Å². The van der Waals surface area contributed by atoms with Gasteiger partial charge in [0.1, 0.15) is 12.4 Å². The molecular weight excluding hydrogens is 362 g/mol. The maximum atomic E-state index is 12.2. The number of likely N-dealkylation sites (tertiary alicyclic amines) is 1. The zero-order valence-electron chi connectivity index (χ0n) is 15.5. The van der Waals surface area contributed by atoms with Crippen LogP contribution in [0.5, 0.6) is 5.75 Å². The van der Waals surface area contributed by atoms with Crippen molar-refractivity contribution in [1.82, 2.24) is 15.2 Å². The fourth-order valence-corrected chi connectivity index (χ4v) is 3.39. The smallest absolute Gasteiger partial charge is 0.223 e. The van der Waals surface area contributed by atoms with Crippen LogP contribution < -0.4 is 10.1 Å². The number of piperidine rings is 1. The first-order valence-electron chi connectivity index (χ1n) is 9.51. The summed E-state index contributed by atoms with van der Waals surface area (Å²) in [6.45, 7) is 3.51. The van der Waals surface area contributed by atoms with Gasteiger partial charge in [0, 0.05) is 61.1 Å². The average molecular weight is 388 g/mol. The predicted octanol–water partition coefficient (Wildman–Crippen LogP) is 3.81. The van der Waals surface area contributed by atoms with E-state index in [9.17, 15) is 4.79 Å². The molecular formula is C21H26ClN3O2. The molecule has 1 aromatic carbocycles. The van der Waals surface area contributed by atoms with Crippen molar-refractivity contribution in [3.63, 3.8) is 0 Å². The molecule has 1 aromatic heterocycles. The number of benzene rings is 1. The summed E-state index contributed by atoms with van der Waals surface area (Å²) in [5.41, 5.74) is 2.00. The Kier molecular flexibility index (Phi) is 7.48. The molecule has 1 fully saturated rings. The molecule has 1 aliphatic rings. The summed E-state index contributed by atoms with van der Waals surface area (Å²) < 4.78 is 5.94. The molecule has 0 radical (unpaired) electrons. The van der Waals surface area contributed by atoms with Crippen molar-refractivity contribution in [2.24, 2.45) is 0 Å². The van der Waals surface area contributed by atoms with Gasteiger partial charge < -0.3 is 15.0 Å². The van der Waals surface area contributed by atoms with E-state index in [1.54, 1.807) is 12.4 Å². The molecule has 1 saturated heterocycles. The number of amides is 1. The van der Waals surface area contributed by atoms with Crippen molar-refractivity contribution in [3.05, 3.63) is 58.9 Å². The van der Waals surface area contributed by atoms with Gasteiger partial charge in [-0.3, -0.25) is 9.78 Å². The summed E-state index contributed by atoms with van der Waals surface area (Å²) >= 11 is 6.14. The van der Waals surface area contributed by atoms with Crippen LogP contribution in [0.1, 0.15) is 36.8 Å². The van der Waals surface area contributed by atoms with Crippen molar-refractivity contribution in [2.45, 2.75) is 38.8 Å². The third-order valence-electron chi connectivity index (χ3n) is 4.68. The van der Waals surface area contributed by atoms with Crippen molar-refractivity contribution >= 4 is 17.5 Å². The Hall–Kier alpha value is -2.11. The molecule has 0 atom stereocenters. The van der Waals surface area contributed by atoms with E-state index in [1.807, 2.05) is 35.2 Å². The van der Waals surface area contributed by atoms with Gasteiger partial charge in [-0.15, -0.1) is 0 Å². The number of rotatable bonds is 8. The summed E-state index contributed by atoms with van der Waals surface area (Å²) in [5, 5.41) is 4.01. The molecule has 1 aliphatic heterocycles. The third-order valence-corrected chi connectivity index (χ3v) is 4.91. The Morgan fingerprint density at radius 2 is 2.07 bits per heavy atom. The van der Waals surface area contributed by atoms with Gasteiger partial charge in [-0.2, -0.15) is 0 Å². The molecule has 2 aromatic rings. The van der Waals surface area contributed by atoms with Gasteiger partial charge >= 0.3 is 0 Å². The van der Waals surface area contributed by atoms with E-state index in [4.69, 9.17) is 16.3 Å². The topological polar surface area (TPSA) is 54.5 Å². The fraction of sp³-hybridized carbons (Fsp3) is 0.429. The van der Waals surface area contributed by atoms with Gasteiger partial charge in [0.25, 0.3) is 0 Å². The van der Waals surface area contributed by atoms with Crippen LogP contribution in [0.15, 0.2) is 42.7 Å². The minimum atomic E-state index is 0.237. The number of carbonyl (C=O) groups is 1. The molecule has 3 rings (SSSR count). The highest BCUT2D eigenvalue weighted by atomic mass is 35.5. The first-order valence-corrected chi connectivity index (χ1v) is 9.89. The second kappa shape index (κ2) is 10.3. The molecule has 144 valence electrons. The lowest BCUT2D eigenvalue weighted by Gasteiger charge is -2.26. The summed E-state index contributed by atoms with van der Waals surface area (Å²) in [6, 6.07) is 9.48. The molecule has 0 spiro atoms. The molecule has 2 heterocycles. The number of nitrogens with zero attached hydrogens (tertiary/aromatic N) is 2.